The zero-order valence-electron chi connectivity index (χ0n) is 11.3. The normalized spacial score (nSPS) is 12.1. The van der Waals surface area contributed by atoms with Gasteiger partial charge in [-0.1, -0.05) is 55.2 Å². The molecule has 1 aromatic carbocycles. The minimum Gasteiger partial charge on any atom is -0.248 e. The van der Waals surface area contributed by atoms with Gasteiger partial charge in [-0.25, -0.2) is 13.1 Å². The lowest BCUT2D eigenvalue weighted by molar-refractivity contribution is 0.607. The maximum atomic E-state index is 11.7. The van der Waals surface area contributed by atoms with Crippen LogP contribution < -0.4 is 0 Å². The minimum absolute atomic E-state index is 0.00591. The van der Waals surface area contributed by atoms with Crippen LogP contribution in [0.15, 0.2) is 29.2 Å². The van der Waals surface area contributed by atoms with Crippen molar-refractivity contribution in [3.63, 3.8) is 0 Å². The van der Waals surface area contributed by atoms with Crippen LogP contribution in [0.5, 0.6) is 0 Å². The number of nitrogens with zero attached hydrogens (tertiary/aromatic N) is 2. The van der Waals surface area contributed by atoms with Gasteiger partial charge in [-0.3, -0.25) is 0 Å². The van der Waals surface area contributed by atoms with E-state index in [0.29, 0.717) is 10.7 Å². The van der Waals surface area contributed by atoms with Crippen molar-refractivity contribution in [2.75, 3.05) is 0 Å². The zero-order chi connectivity index (χ0) is 15.8. The Kier molecular flexibility index (Phi) is 4.88. The Morgan fingerprint density at radius 2 is 1.86 bits per heavy atom. The van der Waals surface area contributed by atoms with Crippen molar-refractivity contribution >= 4 is 42.9 Å². The van der Waals surface area contributed by atoms with Crippen LogP contribution in [0.25, 0.3) is 0 Å². The molecule has 0 aliphatic rings. The Labute approximate surface area is 138 Å². The van der Waals surface area contributed by atoms with Crippen LogP contribution in [-0.2, 0) is 15.6 Å². The highest BCUT2D eigenvalue weighted by Gasteiger charge is 2.28. The van der Waals surface area contributed by atoms with Gasteiger partial charge in [0.05, 0.1) is 12.2 Å². The van der Waals surface area contributed by atoms with Gasteiger partial charge >= 0.3 is 0 Å². The predicted molar refractivity (Wildman–Crippen MR) is 84.9 cm³/mol. The summed E-state index contributed by atoms with van der Waals surface area (Å²) in [6.07, 6.45) is 0. The van der Waals surface area contributed by atoms with E-state index in [2.05, 4.69) is 5.10 Å². The fourth-order valence-corrected chi connectivity index (χ4v) is 4.04. The molecule has 21 heavy (non-hydrogen) atoms. The van der Waals surface area contributed by atoms with Gasteiger partial charge in [0.2, 0.25) is 0 Å². The number of aromatic nitrogens is 2. The highest BCUT2D eigenvalue weighted by Crippen LogP contribution is 2.33. The molecule has 0 amide bonds. The lowest BCUT2D eigenvalue weighted by Crippen LogP contribution is -2.03. The van der Waals surface area contributed by atoms with Gasteiger partial charge in [-0.05, 0) is 17.5 Å². The molecule has 0 saturated carbocycles. The second-order valence-electron chi connectivity index (χ2n) is 4.85. The monoisotopic (exact) mass is 366 g/mol. The maximum absolute atomic E-state index is 11.7. The molecule has 0 N–H and O–H groups in total. The molecule has 0 aliphatic heterocycles. The molecular weight excluding hydrogens is 355 g/mol. The third kappa shape index (κ3) is 3.54. The van der Waals surface area contributed by atoms with E-state index in [9.17, 15) is 8.42 Å². The first-order valence-corrected chi connectivity index (χ1v) is 9.22. The predicted octanol–water partition coefficient (Wildman–Crippen LogP) is 4.29. The summed E-state index contributed by atoms with van der Waals surface area (Å²) in [4.78, 5) is -0.132. The van der Waals surface area contributed by atoms with Crippen molar-refractivity contribution in [2.24, 2.45) is 0 Å². The molecular formula is C13H13Cl3N2O2S. The lowest BCUT2D eigenvalue weighted by atomic mass is 10.1. The summed E-state index contributed by atoms with van der Waals surface area (Å²) in [7, 11) is 1.50. The first kappa shape index (κ1) is 16.6. The molecule has 114 valence electrons. The molecule has 0 fully saturated rings. The van der Waals surface area contributed by atoms with Crippen LogP contribution in [0.2, 0.25) is 10.2 Å². The van der Waals surface area contributed by atoms with E-state index in [1.807, 2.05) is 32.0 Å². The number of benzene rings is 1. The lowest BCUT2D eigenvalue weighted by Gasteiger charge is -2.05. The van der Waals surface area contributed by atoms with Gasteiger partial charge in [0.15, 0.2) is 0 Å². The van der Waals surface area contributed by atoms with Crippen LogP contribution in [0.1, 0.15) is 31.0 Å². The average molecular weight is 368 g/mol. The molecule has 0 bridgehead atoms. The molecule has 2 aromatic rings. The van der Waals surface area contributed by atoms with E-state index >= 15 is 0 Å². The van der Waals surface area contributed by atoms with Crippen LogP contribution in [0, 0.1) is 0 Å². The first-order chi connectivity index (χ1) is 9.71. The topological polar surface area (TPSA) is 52.0 Å². The number of rotatable bonds is 4. The third-order valence-corrected chi connectivity index (χ3v) is 5.16. The van der Waals surface area contributed by atoms with Crippen molar-refractivity contribution in [1.29, 1.82) is 0 Å². The van der Waals surface area contributed by atoms with Gasteiger partial charge in [0.1, 0.15) is 10.0 Å². The van der Waals surface area contributed by atoms with Crippen LogP contribution in [-0.4, -0.2) is 18.2 Å². The molecule has 8 heteroatoms. The Morgan fingerprint density at radius 1 is 1.24 bits per heavy atom. The Balaban J connectivity index is 2.54. The average Bonchev–Trinajstić information content (AvgIpc) is 2.70. The molecule has 0 spiro atoms. The molecule has 0 aliphatic carbocycles. The Morgan fingerprint density at radius 3 is 2.33 bits per heavy atom. The summed E-state index contributed by atoms with van der Waals surface area (Å²) < 4.78 is 24.8. The zero-order valence-corrected chi connectivity index (χ0v) is 14.4. The van der Waals surface area contributed by atoms with E-state index < -0.39 is 9.05 Å². The Bertz CT molecular complexity index is 770. The number of halogens is 3. The van der Waals surface area contributed by atoms with E-state index in [0.717, 1.165) is 5.56 Å². The van der Waals surface area contributed by atoms with Crippen LogP contribution in [0.4, 0.5) is 0 Å². The van der Waals surface area contributed by atoms with Crippen molar-refractivity contribution in [2.45, 2.75) is 31.2 Å². The SMILES string of the molecule is CC(C)c1nn(Cc2ccccc2Cl)c(Cl)c1S(=O)(=O)Cl. The summed E-state index contributed by atoms with van der Waals surface area (Å²) in [6, 6.07) is 7.22. The van der Waals surface area contributed by atoms with Crippen LogP contribution >= 0.6 is 33.9 Å². The van der Waals surface area contributed by atoms with E-state index in [-0.39, 0.29) is 22.5 Å². The van der Waals surface area contributed by atoms with Crippen molar-refractivity contribution in [3.8, 4) is 0 Å². The quantitative estimate of drug-likeness (QED) is 0.757. The van der Waals surface area contributed by atoms with Crippen molar-refractivity contribution in [1.82, 2.24) is 9.78 Å². The standard InChI is InChI=1S/C13H13Cl3N2O2S/c1-8(2)11-12(21(16,19)20)13(15)18(17-11)7-9-5-3-4-6-10(9)14/h3-6,8H,7H2,1-2H3. The highest BCUT2D eigenvalue weighted by molar-refractivity contribution is 8.13. The van der Waals surface area contributed by atoms with E-state index in [4.69, 9.17) is 33.9 Å². The fraction of sp³-hybridized carbons (Fsp3) is 0.308. The maximum Gasteiger partial charge on any atom is 0.266 e. The van der Waals surface area contributed by atoms with Gasteiger partial charge in [-0.15, -0.1) is 0 Å². The molecule has 0 saturated heterocycles. The summed E-state index contributed by atoms with van der Waals surface area (Å²) in [6.45, 7) is 3.92. The Hall–Kier alpha value is -0.750. The van der Waals surface area contributed by atoms with Gasteiger partial charge in [0, 0.05) is 15.7 Å². The summed E-state index contributed by atoms with van der Waals surface area (Å²) >= 11 is 12.3. The molecule has 1 heterocycles. The molecule has 0 atom stereocenters. The smallest absolute Gasteiger partial charge is 0.248 e. The van der Waals surface area contributed by atoms with Crippen molar-refractivity contribution < 1.29 is 8.42 Å². The fourth-order valence-electron chi connectivity index (χ4n) is 1.94. The minimum atomic E-state index is -3.97. The molecule has 1 aromatic heterocycles. The summed E-state index contributed by atoms with van der Waals surface area (Å²) in [5.41, 5.74) is 1.14. The number of hydrogen-bond acceptors (Lipinski definition) is 3. The molecule has 0 unspecified atom stereocenters. The van der Waals surface area contributed by atoms with Gasteiger partial charge in [0.25, 0.3) is 9.05 Å². The second-order valence-corrected chi connectivity index (χ2v) is 8.11. The number of hydrogen-bond donors (Lipinski definition) is 0. The second kappa shape index (κ2) is 6.16. The highest BCUT2D eigenvalue weighted by atomic mass is 35.7. The van der Waals surface area contributed by atoms with E-state index in [1.54, 1.807) is 6.07 Å². The summed E-state index contributed by atoms with van der Waals surface area (Å²) in [5.74, 6) is -0.126. The molecule has 0 radical (unpaired) electrons. The third-order valence-electron chi connectivity index (χ3n) is 2.94. The summed E-state index contributed by atoms with van der Waals surface area (Å²) in [5, 5.41) is 4.83. The van der Waals surface area contributed by atoms with Gasteiger partial charge < -0.3 is 0 Å². The van der Waals surface area contributed by atoms with Crippen molar-refractivity contribution in [3.05, 3.63) is 45.7 Å². The molecule has 4 nitrogen and oxygen atoms in total. The first-order valence-electron chi connectivity index (χ1n) is 6.16. The van der Waals surface area contributed by atoms with Crippen LogP contribution in [0.3, 0.4) is 0 Å². The van der Waals surface area contributed by atoms with Gasteiger partial charge in [-0.2, -0.15) is 5.10 Å². The van der Waals surface area contributed by atoms with E-state index in [1.165, 1.54) is 4.68 Å². The molecule has 2 rings (SSSR count). The largest absolute Gasteiger partial charge is 0.266 e.